The van der Waals surface area contributed by atoms with Crippen molar-refractivity contribution in [3.05, 3.63) is 125 Å². The molecule has 1 unspecified atom stereocenters. The molecule has 266 valence electrons. The summed E-state index contributed by atoms with van der Waals surface area (Å²) >= 11 is 0. The maximum Gasteiger partial charge on any atom is 0.408 e. The van der Waals surface area contributed by atoms with E-state index < -0.39 is 47.0 Å². The molecule has 51 heavy (non-hydrogen) atoms. The number of H-pyrrole nitrogens is 1. The summed E-state index contributed by atoms with van der Waals surface area (Å²) in [6, 6.07) is 17.1. The molecule has 2 aromatic heterocycles. The third-order valence-electron chi connectivity index (χ3n) is 8.55. The van der Waals surface area contributed by atoms with Gasteiger partial charge in [-0.2, -0.15) is 0 Å². The van der Waals surface area contributed by atoms with Crippen molar-refractivity contribution in [1.29, 1.82) is 0 Å². The third kappa shape index (κ3) is 8.91. The fourth-order valence-electron chi connectivity index (χ4n) is 6.11. The molecule has 3 atom stereocenters. The first-order chi connectivity index (χ1) is 24.4. The largest absolute Gasteiger partial charge is 0.444 e. The Labute approximate surface area is 293 Å². The van der Waals surface area contributed by atoms with Crippen molar-refractivity contribution in [1.82, 2.24) is 25.6 Å². The summed E-state index contributed by atoms with van der Waals surface area (Å²) in [6.07, 6.45) is 1.90. The van der Waals surface area contributed by atoms with Gasteiger partial charge in [-0.15, -0.1) is 0 Å². The lowest BCUT2D eigenvalue weighted by Crippen LogP contribution is -2.49. The average Bonchev–Trinajstić information content (AvgIpc) is 3.53. The highest BCUT2D eigenvalue weighted by molar-refractivity contribution is 5.98. The molecular formula is C38H39F3N6O4. The number of aromatic nitrogens is 3. The highest BCUT2D eigenvalue weighted by Crippen LogP contribution is 2.31. The Balaban J connectivity index is 1.21. The first-order valence-corrected chi connectivity index (χ1v) is 16.7. The van der Waals surface area contributed by atoms with Crippen molar-refractivity contribution in [2.24, 2.45) is 0 Å². The highest BCUT2D eigenvalue weighted by Gasteiger charge is 2.35. The molecule has 1 saturated heterocycles. The van der Waals surface area contributed by atoms with E-state index in [0.717, 1.165) is 23.1 Å². The van der Waals surface area contributed by atoms with Crippen LogP contribution in [0.2, 0.25) is 0 Å². The molecule has 5 aromatic rings. The minimum Gasteiger partial charge on any atom is -0.444 e. The summed E-state index contributed by atoms with van der Waals surface area (Å²) < 4.78 is 55.0. The molecule has 3 aromatic carbocycles. The zero-order valence-corrected chi connectivity index (χ0v) is 28.4. The summed E-state index contributed by atoms with van der Waals surface area (Å²) in [7, 11) is 0. The second-order valence-electron chi connectivity index (χ2n) is 13.4. The van der Waals surface area contributed by atoms with E-state index in [4.69, 9.17) is 9.47 Å². The van der Waals surface area contributed by atoms with Crippen LogP contribution in [0.1, 0.15) is 61.7 Å². The predicted molar refractivity (Wildman–Crippen MR) is 186 cm³/mol. The molecule has 13 heteroatoms. The topological polar surface area (TPSA) is 130 Å². The van der Waals surface area contributed by atoms with Crippen molar-refractivity contribution >= 4 is 28.7 Å². The predicted octanol–water partition coefficient (Wildman–Crippen LogP) is 6.70. The van der Waals surface area contributed by atoms with Crippen LogP contribution >= 0.6 is 0 Å². The van der Waals surface area contributed by atoms with Crippen molar-refractivity contribution < 1.29 is 32.2 Å². The lowest BCUT2D eigenvalue weighted by atomic mass is 9.84. The molecule has 4 N–H and O–H groups in total. The molecule has 0 spiro atoms. The van der Waals surface area contributed by atoms with Crippen LogP contribution in [0.15, 0.2) is 85.2 Å². The maximum absolute atomic E-state index is 15.4. The van der Waals surface area contributed by atoms with E-state index in [2.05, 4.69) is 30.9 Å². The smallest absolute Gasteiger partial charge is 0.408 e. The van der Waals surface area contributed by atoms with Crippen LogP contribution in [-0.2, 0) is 20.7 Å². The summed E-state index contributed by atoms with van der Waals surface area (Å²) in [5.41, 5.74) is 2.14. The van der Waals surface area contributed by atoms with E-state index in [1.165, 1.54) is 54.7 Å². The number of nitrogens with one attached hydrogen (secondary N) is 4. The Morgan fingerprint density at radius 2 is 1.63 bits per heavy atom. The van der Waals surface area contributed by atoms with E-state index in [1.807, 2.05) is 24.3 Å². The molecule has 0 aliphatic carbocycles. The fraction of sp³-hybridized carbons (Fsp3) is 0.316. The van der Waals surface area contributed by atoms with Crippen molar-refractivity contribution in [2.45, 2.75) is 63.3 Å². The second kappa shape index (κ2) is 15.3. The van der Waals surface area contributed by atoms with Gasteiger partial charge in [0.05, 0.1) is 47.9 Å². The van der Waals surface area contributed by atoms with E-state index in [9.17, 15) is 18.4 Å². The lowest BCUT2D eigenvalue weighted by molar-refractivity contribution is -0.118. The van der Waals surface area contributed by atoms with E-state index >= 15 is 4.39 Å². The van der Waals surface area contributed by atoms with Crippen LogP contribution in [-0.4, -0.2) is 57.9 Å². The minimum absolute atomic E-state index is 0.108. The SMILES string of the molecule is CC(C)(C)OC(=O)NC(C(=O)Nc1cncc(F)c1CC[C@@H]1CN[C@H](c2nc3ccccc3[nH]2)CO1)C(c1ccc(F)cc1)c1ccc(F)cc1. The van der Waals surface area contributed by atoms with Crippen molar-refractivity contribution in [3.63, 3.8) is 0 Å². The number of carbonyl (C=O) groups excluding carboxylic acids is 2. The normalized spacial score (nSPS) is 16.9. The van der Waals surface area contributed by atoms with Crippen LogP contribution in [0, 0.1) is 17.5 Å². The first-order valence-electron chi connectivity index (χ1n) is 16.7. The molecule has 2 amide bonds. The summed E-state index contributed by atoms with van der Waals surface area (Å²) in [5.74, 6) is -2.51. The Morgan fingerprint density at radius 3 is 2.24 bits per heavy atom. The number of imidazole rings is 1. The summed E-state index contributed by atoms with van der Waals surface area (Å²) in [6.45, 7) is 5.88. The molecule has 10 nitrogen and oxygen atoms in total. The summed E-state index contributed by atoms with van der Waals surface area (Å²) in [5, 5.41) is 8.87. The molecular weight excluding hydrogens is 661 g/mol. The van der Waals surface area contributed by atoms with Crippen molar-refractivity contribution in [2.75, 3.05) is 18.5 Å². The molecule has 0 saturated carbocycles. The number of para-hydroxylation sites is 2. The number of hydrogen-bond acceptors (Lipinski definition) is 7. The Kier molecular flexibility index (Phi) is 10.7. The van der Waals surface area contributed by atoms with Crippen LogP contribution in [0.3, 0.4) is 0 Å². The number of pyridine rings is 1. The molecule has 1 aliphatic heterocycles. The number of benzene rings is 3. The zero-order valence-electron chi connectivity index (χ0n) is 28.4. The van der Waals surface area contributed by atoms with Crippen LogP contribution < -0.4 is 16.0 Å². The van der Waals surface area contributed by atoms with Gasteiger partial charge in [0.1, 0.15) is 34.9 Å². The Bertz CT molecular complexity index is 1890. The van der Waals surface area contributed by atoms with Gasteiger partial charge in [0.2, 0.25) is 5.91 Å². The van der Waals surface area contributed by atoms with Crippen LogP contribution in [0.4, 0.5) is 23.7 Å². The number of aromatic amines is 1. The van der Waals surface area contributed by atoms with Gasteiger partial charge in [0.25, 0.3) is 0 Å². The molecule has 6 rings (SSSR count). The van der Waals surface area contributed by atoms with Crippen LogP contribution in [0.5, 0.6) is 0 Å². The minimum atomic E-state index is -1.37. The maximum atomic E-state index is 15.4. The number of rotatable bonds is 10. The van der Waals surface area contributed by atoms with E-state index in [-0.39, 0.29) is 29.8 Å². The fourth-order valence-corrected chi connectivity index (χ4v) is 6.11. The van der Waals surface area contributed by atoms with Crippen LogP contribution in [0.25, 0.3) is 11.0 Å². The monoisotopic (exact) mass is 700 g/mol. The number of carbonyl (C=O) groups is 2. The number of nitrogens with zero attached hydrogens (tertiary/aromatic N) is 2. The van der Waals surface area contributed by atoms with Gasteiger partial charge in [0.15, 0.2) is 0 Å². The van der Waals surface area contributed by atoms with Crippen molar-refractivity contribution in [3.8, 4) is 0 Å². The van der Waals surface area contributed by atoms with Gasteiger partial charge in [-0.1, -0.05) is 36.4 Å². The van der Waals surface area contributed by atoms with Gasteiger partial charge < -0.3 is 30.4 Å². The number of anilines is 1. The second-order valence-corrected chi connectivity index (χ2v) is 13.4. The number of ether oxygens (including phenoxy) is 2. The number of hydrogen-bond donors (Lipinski definition) is 4. The van der Waals surface area contributed by atoms with Gasteiger partial charge in [-0.3, -0.25) is 9.78 Å². The highest BCUT2D eigenvalue weighted by atomic mass is 19.1. The molecule has 1 fully saturated rings. The third-order valence-corrected chi connectivity index (χ3v) is 8.55. The van der Waals surface area contributed by atoms with Gasteiger partial charge in [0, 0.05) is 18.0 Å². The summed E-state index contributed by atoms with van der Waals surface area (Å²) in [4.78, 5) is 39.3. The molecule has 0 radical (unpaired) electrons. The zero-order chi connectivity index (χ0) is 36.1. The van der Waals surface area contributed by atoms with E-state index in [0.29, 0.717) is 30.7 Å². The standard InChI is InChI=1S/C38H39F3N6O4/c1-38(2,3)51-37(49)47-34(33(22-8-12-24(39)13-9-22)23-10-14-25(40)15-11-23)36(48)46-31-20-42-19-28(41)27(31)17-16-26-18-43-32(21-50-26)35-44-29-6-4-5-7-30(29)45-35/h4-15,19-20,26,32-34,43H,16-18,21H2,1-3H3,(H,44,45)(H,46,48)(H,47,49)/t26-,32+,34?/m1/s1. The number of alkyl carbamates (subject to hydrolysis) is 1. The number of morpholine rings is 1. The quantitative estimate of drug-likeness (QED) is 0.128. The molecule has 0 bridgehead atoms. The molecule has 3 heterocycles. The molecule has 1 aliphatic rings. The Hall–Kier alpha value is -5.27. The number of halogens is 3. The van der Waals surface area contributed by atoms with E-state index in [1.54, 1.807) is 20.8 Å². The average molecular weight is 701 g/mol. The Morgan fingerprint density at radius 1 is 0.961 bits per heavy atom. The number of amides is 2. The van der Waals surface area contributed by atoms with Gasteiger partial charge in [-0.25, -0.2) is 22.9 Å². The van der Waals surface area contributed by atoms with Gasteiger partial charge >= 0.3 is 6.09 Å². The van der Waals surface area contributed by atoms with Gasteiger partial charge in [-0.05, 0) is 81.1 Å². The first kappa shape index (κ1) is 35.6. The lowest BCUT2D eigenvalue weighted by Gasteiger charge is -2.30. The number of fused-ring (bicyclic) bond motifs is 1.